The van der Waals surface area contributed by atoms with Crippen molar-refractivity contribution in [2.75, 3.05) is 11.4 Å². The Balaban J connectivity index is 1.83. The van der Waals surface area contributed by atoms with Gasteiger partial charge in [0.2, 0.25) is 0 Å². The topological polar surface area (TPSA) is 85.1 Å². The van der Waals surface area contributed by atoms with Gasteiger partial charge in [0.25, 0.3) is 5.69 Å². The van der Waals surface area contributed by atoms with Crippen LogP contribution in [0, 0.1) is 10.1 Å². The van der Waals surface area contributed by atoms with Gasteiger partial charge in [-0.1, -0.05) is 30.3 Å². The number of nitro groups is 1. The summed E-state index contributed by atoms with van der Waals surface area (Å²) < 4.78 is 101. The monoisotopic (exact) mass is 562 g/mol. The van der Waals surface area contributed by atoms with Gasteiger partial charge < -0.3 is 19.5 Å². The fourth-order valence-corrected chi connectivity index (χ4v) is 3.40. The molecule has 1 unspecified atom stereocenters. The SMILES string of the molecule is O=[N+]([O-])c1cccc(COc2cccc(N(Cc3cccc(OC(F)(F)C(F)F)c3)CC(O)C(F)(F)F)c2)c1. The molecule has 3 aromatic carbocycles. The van der Waals surface area contributed by atoms with Crippen molar-refractivity contribution >= 4 is 11.4 Å². The van der Waals surface area contributed by atoms with Crippen LogP contribution in [0.15, 0.2) is 72.8 Å². The molecule has 1 atom stereocenters. The zero-order valence-electron chi connectivity index (χ0n) is 19.8. The summed E-state index contributed by atoms with van der Waals surface area (Å²) in [7, 11) is 0. The van der Waals surface area contributed by atoms with E-state index in [-0.39, 0.29) is 35.8 Å². The number of non-ortho nitro benzene ring substituents is 1. The Morgan fingerprint density at radius 2 is 1.54 bits per heavy atom. The Labute approximate surface area is 217 Å². The van der Waals surface area contributed by atoms with Crippen LogP contribution in [0.4, 0.5) is 42.1 Å². The highest BCUT2D eigenvalue weighted by Crippen LogP contribution is 2.30. The Kier molecular flexibility index (Phi) is 9.22. The number of nitro benzene ring substituents is 1. The molecule has 0 aliphatic heterocycles. The lowest BCUT2D eigenvalue weighted by molar-refractivity contribution is -0.384. The summed E-state index contributed by atoms with van der Waals surface area (Å²) in [6.07, 6.45) is -16.6. The van der Waals surface area contributed by atoms with Gasteiger partial charge >= 0.3 is 18.7 Å². The van der Waals surface area contributed by atoms with Gasteiger partial charge in [-0.25, -0.2) is 0 Å². The highest BCUT2D eigenvalue weighted by molar-refractivity contribution is 5.52. The van der Waals surface area contributed by atoms with Gasteiger partial charge in [0.05, 0.1) is 11.5 Å². The second-order valence-electron chi connectivity index (χ2n) is 8.26. The highest BCUT2D eigenvalue weighted by atomic mass is 19.4. The lowest BCUT2D eigenvalue weighted by Crippen LogP contribution is -2.40. The number of rotatable bonds is 12. The highest BCUT2D eigenvalue weighted by Gasteiger charge is 2.44. The molecule has 210 valence electrons. The van der Waals surface area contributed by atoms with Crippen molar-refractivity contribution in [1.29, 1.82) is 0 Å². The summed E-state index contributed by atoms with van der Waals surface area (Å²) >= 11 is 0. The molecule has 3 aromatic rings. The zero-order valence-corrected chi connectivity index (χ0v) is 19.8. The van der Waals surface area contributed by atoms with Crippen molar-refractivity contribution in [3.63, 3.8) is 0 Å². The maximum absolute atomic E-state index is 13.3. The number of ether oxygens (including phenoxy) is 2. The zero-order chi connectivity index (χ0) is 28.8. The number of alkyl halides is 7. The van der Waals surface area contributed by atoms with Crippen LogP contribution in [0.2, 0.25) is 0 Å². The van der Waals surface area contributed by atoms with Crippen LogP contribution in [0.3, 0.4) is 0 Å². The molecule has 7 nitrogen and oxygen atoms in total. The van der Waals surface area contributed by atoms with E-state index < -0.39 is 42.0 Å². The second kappa shape index (κ2) is 12.2. The van der Waals surface area contributed by atoms with E-state index in [1.807, 2.05) is 0 Å². The normalized spacial score (nSPS) is 12.7. The minimum atomic E-state index is -4.97. The van der Waals surface area contributed by atoms with Crippen LogP contribution in [-0.4, -0.2) is 41.4 Å². The summed E-state index contributed by atoms with van der Waals surface area (Å²) in [6.45, 7) is -1.43. The third-order valence-corrected chi connectivity index (χ3v) is 5.26. The first kappa shape index (κ1) is 29.5. The van der Waals surface area contributed by atoms with Crippen LogP contribution in [0.5, 0.6) is 11.5 Å². The number of halogens is 7. The first-order chi connectivity index (χ1) is 18.2. The van der Waals surface area contributed by atoms with Gasteiger partial charge in [-0.3, -0.25) is 10.1 Å². The number of hydrogen-bond donors (Lipinski definition) is 1. The van der Waals surface area contributed by atoms with Gasteiger partial charge in [0.15, 0.2) is 6.10 Å². The molecule has 1 N–H and O–H groups in total. The molecule has 3 rings (SSSR count). The summed E-state index contributed by atoms with van der Waals surface area (Å²) in [6, 6.07) is 15.8. The van der Waals surface area contributed by atoms with Crippen LogP contribution in [0.25, 0.3) is 0 Å². The van der Waals surface area contributed by atoms with E-state index in [4.69, 9.17) is 4.74 Å². The van der Waals surface area contributed by atoms with Gasteiger partial charge in [-0.2, -0.15) is 30.7 Å². The molecule has 0 aromatic heterocycles. The van der Waals surface area contributed by atoms with E-state index in [1.54, 1.807) is 6.07 Å². The average molecular weight is 562 g/mol. The molecule has 39 heavy (non-hydrogen) atoms. The molecular weight excluding hydrogens is 541 g/mol. The summed E-state index contributed by atoms with van der Waals surface area (Å²) in [5, 5.41) is 20.7. The predicted molar refractivity (Wildman–Crippen MR) is 125 cm³/mol. The third kappa shape index (κ3) is 8.46. The van der Waals surface area contributed by atoms with Crippen molar-refractivity contribution in [2.24, 2.45) is 0 Å². The summed E-state index contributed by atoms with van der Waals surface area (Å²) in [5.41, 5.74) is 0.556. The number of aliphatic hydroxyl groups excluding tert-OH is 1. The predicted octanol–water partition coefficient (Wildman–Crippen LogP) is 6.34. The van der Waals surface area contributed by atoms with Gasteiger partial charge in [0.1, 0.15) is 18.1 Å². The summed E-state index contributed by atoms with van der Waals surface area (Å²) in [4.78, 5) is 11.5. The van der Waals surface area contributed by atoms with E-state index in [0.29, 0.717) is 5.56 Å². The van der Waals surface area contributed by atoms with Crippen LogP contribution in [-0.2, 0) is 13.2 Å². The molecule has 0 bridgehead atoms. The Morgan fingerprint density at radius 1 is 0.897 bits per heavy atom. The lowest BCUT2D eigenvalue weighted by Gasteiger charge is -2.29. The number of anilines is 1. The molecule has 0 radical (unpaired) electrons. The molecular formula is C25H21F7N2O5. The van der Waals surface area contributed by atoms with E-state index in [9.17, 15) is 46.0 Å². The second-order valence-corrected chi connectivity index (χ2v) is 8.26. The first-order valence-corrected chi connectivity index (χ1v) is 11.1. The fourth-order valence-electron chi connectivity index (χ4n) is 3.40. The minimum absolute atomic E-state index is 0.103. The molecule has 0 heterocycles. The fraction of sp³-hybridized carbons (Fsp3) is 0.280. The van der Waals surface area contributed by atoms with Crippen LogP contribution >= 0.6 is 0 Å². The Bertz CT molecular complexity index is 1270. The van der Waals surface area contributed by atoms with E-state index in [0.717, 1.165) is 17.0 Å². The van der Waals surface area contributed by atoms with Crippen molar-refractivity contribution in [1.82, 2.24) is 0 Å². The van der Waals surface area contributed by atoms with Crippen molar-refractivity contribution in [2.45, 2.75) is 38.0 Å². The lowest BCUT2D eigenvalue weighted by atomic mass is 10.1. The van der Waals surface area contributed by atoms with Crippen LogP contribution in [0.1, 0.15) is 11.1 Å². The standard InChI is InChI=1S/C25H21F7N2O5/c26-23(27)25(31,32)39-21-9-2-4-16(11-21)13-33(14-22(35)24(28,29)30)18-6-3-8-20(12-18)38-15-17-5-1-7-19(10-17)34(36)37/h1-12,22-23,35H,13-15H2. The van der Waals surface area contributed by atoms with E-state index >= 15 is 0 Å². The molecule has 0 saturated carbocycles. The average Bonchev–Trinajstić information content (AvgIpc) is 2.86. The van der Waals surface area contributed by atoms with Gasteiger partial charge in [-0.15, -0.1) is 0 Å². The minimum Gasteiger partial charge on any atom is -0.489 e. The van der Waals surface area contributed by atoms with Gasteiger partial charge in [-0.05, 0) is 35.4 Å². The molecule has 14 heteroatoms. The van der Waals surface area contributed by atoms with Gasteiger partial charge in [0, 0.05) is 30.4 Å². The Morgan fingerprint density at radius 3 is 2.21 bits per heavy atom. The Hall–Kier alpha value is -4.07. The van der Waals surface area contributed by atoms with Crippen molar-refractivity contribution < 1.29 is 50.2 Å². The maximum atomic E-state index is 13.3. The largest absolute Gasteiger partial charge is 0.489 e. The van der Waals surface area contributed by atoms with E-state index in [1.165, 1.54) is 54.6 Å². The quantitative estimate of drug-likeness (QED) is 0.158. The third-order valence-electron chi connectivity index (χ3n) is 5.26. The van der Waals surface area contributed by atoms with Crippen LogP contribution < -0.4 is 14.4 Å². The maximum Gasteiger partial charge on any atom is 0.461 e. The molecule has 0 fully saturated rings. The molecule has 0 aliphatic rings. The molecule has 0 amide bonds. The number of nitrogens with zero attached hydrogens (tertiary/aromatic N) is 2. The smallest absolute Gasteiger partial charge is 0.461 e. The van der Waals surface area contributed by atoms with E-state index in [2.05, 4.69) is 4.74 Å². The molecule has 0 aliphatic carbocycles. The van der Waals surface area contributed by atoms with Crippen molar-refractivity contribution in [3.05, 3.63) is 94.0 Å². The first-order valence-electron chi connectivity index (χ1n) is 11.1. The number of hydrogen-bond acceptors (Lipinski definition) is 6. The molecule has 0 saturated heterocycles. The van der Waals surface area contributed by atoms with Crippen molar-refractivity contribution in [3.8, 4) is 11.5 Å². The number of benzene rings is 3. The summed E-state index contributed by atoms with van der Waals surface area (Å²) in [5.74, 6) is -0.456. The molecule has 0 spiro atoms. The number of aliphatic hydroxyl groups is 1.